The molecule has 1 aromatic heterocycles. The molecule has 1 amide bonds. The van der Waals surface area contributed by atoms with Crippen LogP contribution in [0.15, 0.2) is 24.3 Å². The van der Waals surface area contributed by atoms with E-state index >= 15 is 0 Å². The van der Waals surface area contributed by atoms with E-state index in [1.165, 1.54) is 0 Å². The van der Waals surface area contributed by atoms with Gasteiger partial charge in [0.15, 0.2) is 0 Å². The molecular weight excluding hydrogens is 262 g/mol. The molecule has 0 bridgehead atoms. The third-order valence-corrected chi connectivity index (χ3v) is 3.78. The molecule has 1 atom stereocenters. The van der Waals surface area contributed by atoms with Crippen molar-refractivity contribution >= 4 is 28.4 Å². The highest BCUT2D eigenvalue weighted by Gasteiger charge is 2.16. The zero-order valence-electron chi connectivity index (χ0n) is 10.5. The van der Waals surface area contributed by atoms with Crippen LogP contribution in [-0.2, 0) is 0 Å². The number of rotatable bonds is 3. The van der Waals surface area contributed by atoms with Crippen LogP contribution in [0.4, 0.5) is 0 Å². The molecule has 1 aliphatic rings. The molecular formula is C14H16ClN3O. The molecule has 1 unspecified atom stereocenters. The van der Waals surface area contributed by atoms with E-state index in [-0.39, 0.29) is 5.91 Å². The van der Waals surface area contributed by atoms with Crippen molar-refractivity contribution in [3.63, 3.8) is 0 Å². The first-order valence-corrected chi connectivity index (χ1v) is 6.87. The van der Waals surface area contributed by atoms with E-state index in [0.29, 0.717) is 16.6 Å². The predicted octanol–water partition coefficient (Wildman–Crippen LogP) is 2.16. The van der Waals surface area contributed by atoms with E-state index in [9.17, 15) is 4.79 Å². The van der Waals surface area contributed by atoms with Crippen molar-refractivity contribution in [3.05, 3.63) is 35.0 Å². The van der Waals surface area contributed by atoms with Gasteiger partial charge in [0.05, 0.1) is 0 Å². The lowest BCUT2D eigenvalue weighted by molar-refractivity contribution is 0.0944. The number of halogens is 1. The van der Waals surface area contributed by atoms with Crippen LogP contribution < -0.4 is 10.6 Å². The third kappa shape index (κ3) is 2.74. The summed E-state index contributed by atoms with van der Waals surface area (Å²) in [6, 6.07) is 7.39. The molecule has 1 saturated heterocycles. The second-order valence-corrected chi connectivity index (χ2v) is 5.42. The summed E-state index contributed by atoms with van der Waals surface area (Å²) >= 11 is 5.93. The highest BCUT2D eigenvalue weighted by molar-refractivity contribution is 6.31. The summed E-state index contributed by atoms with van der Waals surface area (Å²) in [5, 5.41) is 7.90. The smallest absolute Gasteiger partial charge is 0.267 e. The maximum atomic E-state index is 12.1. The molecule has 19 heavy (non-hydrogen) atoms. The molecule has 100 valence electrons. The van der Waals surface area contributed by atoms with E-state index in [1.54, 1.807) is 0 Å². The second kappa shape index (κ2) is 5.23. The SMILES string of the molecule is O=C(NCC1CCNC1)c1cc2cc(Cl)ccc2[nH]1. The summed E-state index contributed by atoms with van der Waals surface area (Å²) in [6.45, 7) is 2.76. The molecule has 1 fully saturated rings. The van der Waals surface area contributed by atoms with E-state index in [2.05, 4.69) is 15.6 Å². The number of fused-ring (bicyclic) bond motifs is 1. The largest absolute Gasteiger partial charge is 0.351 e. The van der Waals surface area contributed by atoms with Crippen molar-refractivity contribution in [2.45, 2.75) is 6.42 Å². The molecule has 0 radical (unpaired) electrons. The lowest BCUT2D eigenvalue weighted by Gasteiger charge is -2.08. The maximum absolute atomic E-state index is 12.1. The maximum Gasteiger partial charge on any atom is 0.267 e. The zero-order valence-corrected chi connectivity index (χ0v) is 11.3. The van der Waals surface area contributed by atoms with Crippen LogP contribution in [0, 0.1) is 5.92 Å². The summed E-state index contributed by atoms with van der Waals surface area (Å²) in [7, 11) is 0. The lowest BCUT2D eigenvalue weighted by Crippen LogP contribution is -2.30. The first-order chi connectivity index (χ1) is 9.22. The Hall–Kier alpha value is -1.52. The highest BCUT2D eigenvalue weighted by Crippen LogP contribution is 2.20. The van der Waals surface area contributed by atoms with E-state index in [4.69, 9.17) is 11.6 Å². The van der Waals surface area contributed by atoms with E-state index in [0.717, 1.165) is 37.0 Å². The van der Waals surface area contributed by atoms with E-state index < -0.39 is 0 Å². The molecule has 1 aromatic carbocycles. The number of carbonyl (C=O) groups excluding carboxylic acids is 1. The minimum Gasteiger partial charge on any atom is -0.351 e. The minimum absolute atomic E-state index is 0.0563. The molecule has 0 aliphatic carbocycles. The van der Waals surface area contributed by atoms with Crippen LogP contribution in [0.2, 0.25) is 5.02 Å². The van der Waals surface area contributed by atoms with Gasteiger partial charge >= 0.3 is 0 Å². The molecule has 3 rings (SSSR count). The van der Waals surface area contributed by atoms with Gasteiger partial charge in [0.2, 0.25) is 0 Å². The monoisotopic (exact) mass is 277 g/mol. The third-order valence-electron chi connectivity index (χ3n) is 3.54. The Kier molecular flexibility index (Phi) is 3.44. The van der Waals surface area contributed by atoms with Crippen LogP contribution in [0.5, 0.6) is 0 Å². The number of nitrogens with one attached hydrogen (secondary N) is 3. The standard InChI is InChI=1S/C14H16ClN3O/c15-11-1-2-12-10(5-11)6-13(18-12)14(19)17-8-9-3-4-16-7-9/h1-2,5-6,9,16,18H,3-4,7-8H2,(H,17,19). The molecule has 5 heteroatoms. The van der Waals surface area contributed by atoms with Gasteiger partial charge in [-0.3, -0.25) is 4.79 Å². The van der Waals surface area contributed by atoms with E-state index in [1.807, 2.05) is 24.3 Å². The number of carbonyl (C=O) groups is 1. The number of aromatic nitrogens is 1. The topological polar surface area (TPSA) is 56.9 Å². The molecule has 4 nitrogen and oxygen atoms in total. The van der Waals surface area contributed by atoms with Crippen LogP contribution in [0.25, 0.3) is 10.9 Å². The number of H-pyrrole nitrogens is 1. The number of hydrogen-bond acceptors (Lipinski definition) is 2. The molecule has 0 spiro atoms. The van der Waals surface area contributed by atoms with Gasteiger partial charge in [0.25, 0.3) is 5.91 Å². The molecule has 0 saturated carbocycles. The lowest BCUT2D eigenvalue weighted by atomic mass is 10.1. The van der Waals surface area contributed by atoms with Crippen LogP contribution in [0.1, 0.15) is 16.9 Å². The first-order valence-electron chi connectivity index (χ1n) is 6.49. The van der Waals surface area contributed by atoms with Crippen LogP contribution in [0.3, 0.4) is 0 Å². The van der Waals surface area contributed by atoms with Gasteiger partial charge in [0.1, 0.15) is 5.69 Å². The van der Waals surface area contributed by atoms with Crippen molar-refractivity contribution < 1.29 is 4.79 Å². The van der Waals surface area contributed by atoms with Gasteiger partial charge in [0, 0.05) is 22.5 Å². The van der Waals surface area contributed by atoms with Gasteiger partial charge in [-0.15, -0.1) is 0 Å². The zero-order chi connectivity index (χ0) is 13.2. The van der Waals surface area contributed by atoms with Gasteiger partial charge in [-0.05, 0) is 49.7 Å². The molecule has 2 aromatic rings. The molecule has 1 aliphatic heterocycles. The van der Waals surface area contributed by atoms with Crippen molar-refractivity contribution in [3.8, 4) is 0 Å². The fraction of sp³-hybridized carbons (Fsp3) is 0.357. The summed E-state index contributed by atoms with van der Waals surface area (Å²) < 4.78 is 0. The Bertz CT molecular complexity index is 602. The van der Waals surface area contributed by atoms with Gasteiger partial charge in [-0.1, -0.05) is 11.6 Å². The average Bonchev–Trinajstić information content (AvgIpc) is 3.04. The normalized spacial score (nSPS) is 18.9. The fourth-order valence-corrected chi connectivity index (χ4v) is 2.63. The average molecular weight is 278 g/mol. The predicted molar refractivity (Wildman–Crippen MR) is 76.6 cm³/mol. The summed E-state index contributed by atoms with van der Waals surface area (Å²) in [5.74, 6) is 0.488. The van der Waals surface area contributed by atoms with Crippen molar-refractivity contribution in [2.75, 3.05) is 19.6 Å². The summed E-state index contributed by atoms with van der Waals surface area (Å²) in [6.07, 6.45) is 1.13. The van der Waals surface area contributed by atoms with Crippen molar-refractivity contribution in [2.24, 2.45) is 5.92 Å². The van der Waals surface area contributed by atoms with Crippen LogP contribution >= 0.6 is 11.6 Å². The fourth-order valence-electron chi connectivity index (χ4n) is 2.45. The molecule has 2 heterocycles. The van der Waals surface area contributed by atoms with Gasteiger partial charge in [-0.25, -0.2) is 0 Å². The van der Waals surface area contributed by atoms with Gasteiger partial charge in [-0.2, -0.15) is 0 Å². The van der Waals surface area contributed by atoms with Gasteiger partial charge < -0.3 is 15.6 Å². The highest BCUT2D eigenvalue weighted by atomic mass is 35.5. The number of benzene rings is 1. The Labute approximate surface area is 116 Å². The number of aromatic amines is 1. The Morgan fingerprint density at radius 2 is 2.32 bits per heavy atom. The Morgan fingerprint density at radius 3 is 3.11 bits per heavy atom. The summed E-state index contributed by atoms with van der Waals surface area (Å²) in [4.78, 5) is 15.2. The minimum atomic E-state index is -0.0563. The second-order valence-electron chi connectivity index (χ2n) is 4.98. The van der Waals surface area contributed by atoms with Crippen molar-refractivity contribution in [1.29, 1.82) is 0 Å². The Morgan fingerprint density at radius 1 is 1.42 bits per heavy atom. The quantitative estimate of drug-likeness (QED) is 0.805. The summed E-state index contributed by atoms with van der Waals surface area (Å²) in [5.41, 5.74) is 1.51. The first kappa shape index (κ1) is 12.5. The van der Waals surface area contributed by atoms with Crippen molar-refractivity contribution in [1.82, 2.24) is 15.6 Å². The van der Waals surface area contributed by atoms with Crippen LogP contribution in [-0.4, -0.2) is 30.5 Å². The number of amides is 1. The molecule has 3 N–H and O–H groups in total. The Balaban J connectivity index is 1.70. The number of hydrogen-bond donors (Lipinski definition) is 3.